The molecule has 0 spiro atoms. The maximum atomic E-state index is 12.4. The Morgan fingerprint density at radius 2 is 0.978 bits per heavy atom. The lowest BCUT2D eigenvalue weighted by atomic mass is 9.89. The van der Waals surface area contributed by atoms with Crippen LogP contribution in [0.5, 0.6) is 0 Å². The van der Waals surface area contributed by atoms with E-state index in [4.69, 9.17) is 8.92 Å². The van der Waals surface area contributed by atoms with Gasteiger partial charge in [-0.2, -0.15) is 8.42 Å². The highest BCUT2D eigenvalue weighted by Crippen LogP contribution is 2.25. The quantitative estimate of drug-likeness (QED) is 0.0757. The molecule has 0 amide bonds. The minimum absolute atomic E-state index is 0.235. The van der Waals surface area contributed by atoms with Crippen LogP contribution >= 0.6 is 0 Å². The fraction of sp³-hybridized carbons (Fsp3) is 0.700. The van der Waals surface area contributed by atoms with Gasteiger partial charge in [0.25, 0.3) is 10.1 Å². The van der Waals surface area contributed by atoms with E-state index in [1.54, 1.807) is 24.3 Å². The van der Waals surface area contributed by atoms with E-state index in [2.05, 4.69) is 65.0 Å². The van der Waals surface area contributed by atoms with Crippen molar-refractivity contribution in [1.29, 1.82) is 0 Å². The summed E-state index contributed by atoms with van der Waals surface area (Å²) < 4.78 is 36.0. The molecular weight excluding hydrogens is 577 g/mol. The minimum atomic E-state index is -3.67. The van der Waals surface area contributed by atoms with Crippen molar-refractivity contribution in [2.45, 2.75) is 143 Å². The van der Waals surface area contributed by atoms with Gasteiger partial charge in [0, 0.05) is 6.61 Å². The number of hydrogen-bond acceptors (Lipinski definition) is 4. The highest BCUT2D eigenvalue weighted by Gasteiger charge is 2.17. The van der Waals surface area contributed by atoms with E-state index in [0.29, 0.717) is 0 Å². The van der Waals surface area contributed by atoms with Crippen LogP contribution in [0.1, 0.15) is 136 Å². The van der Waals surface area contributed by atoms with E-state index < -0.39 is 10.1 Å². The van der Waals surface area contributed by atoms with Crippen LogP contribution in [0.4, 0.5) is 0 Å². The Balaban J connectivity index is 1.41. The third kappa shape index (κ3) is 18.9. The molecule has 5 atom stereocenters. The molecule has 0 aliphatic carbocycles. The second-order valence-corrected chi connectivity index (χ2v) is 16.1. The van der Waals surface area contributed by atoms with Crippen molar-refractivity contribution in [1.82, 2.24) is 0 Å². The lowest BCUT2D eigenvalue weighted by Gasteiger charge is -2.17. The molecule has 4 nitrogen and oxygen atoms in total. The second-order valence-electron chi connectivity index (χ2n) is 14.5. The van der Waals surface area contributed by atoms with Crippen LogP contribution in [0, 0.1) is 36.5 Å². The van der Waals surface area contributed by atoms with Crippen LogP contribution in [0.15, 0.2) is 59.5 Å². The minimum Gasteiger partial charge on any atom is -0.377 e. The molecule has 256 valence electrons. The molecule has 0 radical (unpaired) electrons. The van der Waals surface area contributed by atoms with Gasteiger partial charge in [0.05, 0.1) is 18.1 Å². The van der Waals surface area contributed by atoms with Crippen LogP contribution in [0.2, 0.25) is 0 Å². The van der Waals surface area contributed by atoms with E-state index in [0.717, 1.165) is 55.3 Å². The summed E-state index contributed by atoms with van der Waals surface area (Å²) in [4.78, 5) is 0.242. The first-order valence-corrected chi connectivity index (χ1v) is 19.5. The molecule has 0 bridgehead atoms. The van der Waals surface area contributed by atoms with Crippen molar-refractivity contribution in [2.75, 3.05) is 13.2 Å². The normalized spacial score (nSPS) is 15.4. The van der Waals surface area contributed by atoms with Crippen LogP contribution in [-0.2, 0) is 25.6 Å². The molecule has 2 aromatic carbocycles. The number of aryl methyl sites for hydroxylation is 1. The first kappa shape index (κ1) is 39.5. The van der Waals surface area contributed by atoms with E-state index in [1.807, 2.05) is 6.92 Å². The molecule has 45 heavy (non-hydrogen) atoms. The molecule has 2 rings (SSSR count). The zero-order valence-corrected chi connectivity index (χ0v) is 30.5. The Morgan fingerprint density at radius 1 is 0.556 bits per heavy atom. The monoisotopic (exact) mass is 642 g/mol. The van der Waals surface area contributed by atoms with Gasteiger partial charge < -0.3 is 4.74 Å². The van der Waals surface area contributed by atoms with Gasteiger partial charge in [0.2, 0.25) is 0 Å². The van der Waals surface area contributed by atoms with Crippen LogP contribution in [0.25, 0.3) is 0 Å². The fourth-order valence-electron chi connectivity index (χ4n) is 6.20. The third-order valence-corrected chi connectivity index (χ3v) is 10.8. The van der Waals surface area contributed by atoms with Crippen molar-refractivity contribution in [3.8, 4) is 0 Å². The zero-order chi connectivity index (χ0) is 32.9. The second kappa shape index (κ2) is 22.8. The van der Waals surface area contributed by atoms with Gasteiger partial charge in [-0.05, 0) is 73.5 Å². The number of rotatable bonds is 26. The van der Waals surface area contributed by atoms with Gasteiger partial charge in [-0.3, -0.25) is 4.18 Å². The molecule has 0 fully saturated rings. The van der Waals surface area contributed by atoms with Crippen molar-refractivity contribution in [3.05, 3.63) is 65.7 Å². The predicted molar refractivity (Wildman–Crippen MR) is 191 cm³/mol. The van der Waals surface area contributed by atoms with Crippen molar-refractivity contribution in [3.63, 3.8) is 0 Å². The summed E-state index contributed by atoms with van der Waals surface area (Å²) >= 11 is 0. The molecule has 0 unspecified atom stereocenters. The topological polar surface area (TPSA) is 52.6 Å². The number of benzene rings is 2. The molecule has 5 heteroatoms. The largest absolute Gasteiger partial charge is 0.377 e. The Labute approximate surface area is 278 Å². The van der Waals surface area contributed by atoms with Gasteiger partial charge in [-0.25, -0.2) is 0 Å². The first-order valence-electron chi connectivity index (χ1n) is 18.1. The molecular formula is C40H66O4S. The summed E-state index contributed by atoms with van der Waals surface area (Å²) in [5.74, 6) is 3.42. The predicted octanol–water partition coefficient (Wildman–Crippen LogP) is 11.6. The van der Waals surface area contributed by atoms with Gasteiger partial charge in [-0.15, -0.1) is 0 Å². The fourth-order valence-corrected chi connectivity index (χ4v) is 7.21. The highest BCUT2D eigenvalue weighted by atomic mass is 32.2. The Hall–Kier alpha value is -1.69. The summed E-state index contributed by atoms with van der Waals surface area (Å²) in [6, 6.07) is 17.3. The van der Waals surface area contributed by atoms with Crippen LogP contribution in [-0.4, -0.2) is 21.6 Å². The van der Waals surface area contributed by atoms with Crippen molar-refractivity contribution >= 4 is 10.1 Å². The molecule has 0 aliphatic heterocycles. The average molecular weight is 643 g/mol. The molecule has 2 aromatic rings. The van der Waals surface area contributed by atoms with E-state index in [-0.39, 0.29) is 17.4 Å². The Kier molecular flexibility index (Phi) is 20.0. The molecule has 0 aliphatic rings. The summed E-state index contributed by atoms with van der Waals surface area (Å²) in [6.07, 6.45) is 17.9. The van der Waals surface area contributed by atoms with Gasteiger partial charge in [-0.1, -0.05) is 153 Å². The van der Waals surface area contributed by atoms with Gasteiger partial charge in [0.15, 0.2) is 0 Å². The zero-order valence-electron chi connectivity index (χ0n) is 29.6. The SMILES string of the molecule is Cc1ccc(S(=O)(=O)OC[C@H](C)CCC[C@H](C)CCC[C@H](C)CCC[C@H](C)CCC[C@H](C)CCCOCc2ccccc2)cc1. The summed E-state index contributed by atoms with van der Waals surface area (Å²) in [7, 11) is -3.67. The Morgan fingerprint density at radius 3 is 1.44 bits per heavy atom. The summed E-state index contributed by atoms with van der Waals surface area (Å²) in [5.41, 5.74) is 2.30. The smallest absolute Gasteiger partial charge is 0.296 e. The van der Waals surface area contributed by atoms with Crippen LogP contribution < -0.4 is 0 Å². The average Bonchev–Trinajstić information content (AvgIpc) is 3.00. The highest BCUT2D eigenvalue weighted by molar-refractivity contribution is 7.86. The molecule has 0 N–H and O–H groups in total. The van der Waals surface area contributed by atoms with Gasteiger partial charge >= 0.3 is 0 Å². The van der Waals surface area contributed by atoms with Gasteiger partial charge in [0.1, 0.15) is 0 Å². The molecule has 0 aromatic heterocycles. The maximum Gasteiger partial charge on any atom is 0.296 e. The van der Waals surface area contributed by atoms with E-state index in [9.17, 15) is 8.42 Å². The van der Waals surface area contributed by atoms with Crippen molar-refractivity contribution in [2.24, 2.45) is 29.6 Å². The Bertz CT molecular complexity index is 1100. The summed E-state index contributed by atoms with van der Waals surface area (Å²) in [6.45, 7) is 15.6. The lowest BCUT2D eigenvalue weighted by molar-refractivity contribution is 0.114. The van der Waals surface area contributed by atoms with Crippen molar-refractivity contribution < 1.29 is 17.3 Å². The molecule has 0 saturated carbocycles. The number of ether oxygens (including phenoxy) is 1. The summed E-state index contributed by atoms with van der Waals surface area (Å²) in [5, 5.41) is 0. The van der Waals surface area contributed by atoms with Crippen LogP contribution in [0.3, 0.4) is 0 Å². The maximum absolute atomic E-state index is 12.4. The third-order valence-electron chi connectivity index (χ3n) is 9.49. The van der Waals surface area contributed by atoms with E-state index >= 15 is 0 Å². The standard InChI is InChI=1S/C40H66O4S/c1-33(15-10-16-34(2)19-12-20-36(4)23-14-30-43-32-39-24-8-7-9-25-39)17-11-18-35(3)21-13-22-38(6)31-44-45(41,42)40-28-26-37(5)27-29-40/h7-9,24-29,33-36,38H,10-23,30-32H2,1-6H3/t33-,34+,35-,36+,38-/m1/s1. The number of hydrogen-bond donors (Lipinski definition) is 0. The molecule has 0 heterocycles. The lowest BCUT2D eigenvalue weighted by Crippen LogP contribution is -2.13. The first-order chi connectivity index (χ1) is 21.5. The van der Waals surface area contributed by atoms with E-state index in [1.165, 1.54) is 82.6 Å². The molecule has 0 saturated heterocycles.